The summed E-state index contributed by atoms with van der Waals surface area (Å²) in [5.74, 6) is -1.72. The van der Waals surface area contributed by atoms with E-state index in [0.717, 1.165) is 0 Å². The van der Waals surface area contributed by atoms with Gasteiger partial charge in [-0.3, -0.25) is 29.0 Å². The number of carbonyl (C=O) groups excluding carboxylic acids is 5. The number of halogens is 1. The maximum Gasteiger partial charge on any atom is 0.272 e. The molecule has 0 fully saturated rings. The lowest BCUT2D eigenvalue weighted by Crippen LogP contribution is -2.29. The van der Waals surface area contributed by atoms with Gasteiger partial charge in [0.15, 0.2) is 0 Å². The molecule has 7 N–H and O–H groups in total. The lowest BCUT2D eigenvalue weighted by atomic mass is 10.3. The summed E-state index contributed by atoms with van der Waals surface area (Å²) in [6.45, 7) is 3.84. The Morgan fingerprint density at radius 1 is 0.667 bits per heavy atom. The molecule has 48 heavy (non-hydrogen) atoms. The second-order valence-electron chi connectivity index (χ2n) is 10.8. The third-order valence-corrected chi connectivity index (χ3v) is 7.54. The van der Waals surface area contributed by atoms with Crippen molar-refractivity contribution in [1.82, 2.24) is 23.6 Å². The summed E-state index contributed by atoms with van der Waals surface area (Å²) < 4.78 is 6.40. The van der Waals surface area contributed by atoms with Crippen LogP contribution in [0.5, 0.6) is 0 Å². The predicted octanol–water partition coefficient (Wildman–Crippen LogP) is 2.75. The first-order valence-electron chi connectivity index (χ1n) is 14.4. The number of aromatic nitrogens is 4. The van der Waals surface area contributed by atoms with Crippen LogP contribution in [0.2, 0.25) is 0 Å². The molecule has 0 aliphatic heterocycles. The molecule has 17 heteroatoms. The number of amides is 5. The SMILES string of the molecule is C=C(Br)C(=O)Nc1cc(C(=O)Nc2cc(C(=O)Nc3cc(C(=O)Nc4cc(C(=O)NCCC(N)=NC)n(C)c4)n(C)c3)n(C)c2)n(C)c1. The summed E-state index contributed by atoms with van der Waals surface area (Å²) in [6.07, 6.45) is 6.78. The summed E-state index contributed by atoms with van der Waals surface area (Å²) in [6, 6.07) is 6.10. The van der Waals surface area contributed by atoms with Crippen molar-refractivity contribution in [2.45, 2.75) is 6.42 Å². The Hall–Kier alpha value is -5.84. The molecule has 4 rings (SSSR count). The monoisotopic (exact) mass is 721 g/mol. The van der Waals surface area contributed by atoms with Gasteiger partial charge < -0.3 is 50.6 Å². The van der Waals surface area contributed by atoms with Gasteiger partial charge in [0.2, 0.25) is 0 Å². The minimum atomic E-state index is -0.472. The van der Waals surface area contributed by atoms with E-state index in [1.165, 1.54) is 18.2 Å². The molecule has 5 amide bonds. The molecule has 0 aliphatic carbocycles. The van der Waals surface area contributed by atoms with Crippen LogP contribution in [-0.4, -0.2) is 67.2 Å². The number of hydrogen-bond donors (Lipinski definition) is 6. The van der Waals surface area contributed by atoms with Gasteiger partial charge >= 0.3 is 0 Å². The molecule has 4 heterocycles. The van der Waals surface area contributed by atoms with Crippen LogP contribution in [0.25, 0.3) is 0 Å². The minimum absolute atomic E-state index is 0.146. The number of carbonyl (C=O) groups is 5. The molecule has 0 bridgehead atoms. The van der Waals surface area contributed by atoms with Crippen molar-refractivity contribution >= 4 is 74.1 Å². The molecule has 0 aliphatic rings. The van der Waals surface area contributed by atoms with Crippen LogP contribution < -0.4 is 32.3 Å². The van der Waals surface area contributed by atoms with E-state index in [1.54, 1.807) is 84.4 Å². The number of hydrogen-bond acceptors (Lipinski definition) is 6. The average molecular weight is 723 g/mol. The Labute approximate surface area is 284 Å². The Balaban J connectivity index is 1.38. The van der Waals surface area contributed by atoms with Crippen LogP contribution in [0.1, 0.15) is 48.4 Å². The summed E-state index contributed by atoms with van der Waals surface area (Å²) in [5.41, 5.74) is 8.35. The van der Waals surface area contributed by atoms with Crippen LogP contribution in [0.4, 0.5) is 22.7 Å². The summed E-state index contributed by atoms with van der Waals surface area (Å²) >= 11 is 3.01. The predicted molar refractivity (Wildman–Crippen MR) is 187 cm³/mol. The van der Waals surface area contributed by atoms with Gasteiger partial charge in [-0.15, -0.1) is 0 Å². The second kappa shape index (κ2) is 14.7. The van der Waals surface area contributed by atoms with Gasteiger partial charge in [-0.1, -0.05) is 6.58 Å². The van der Waals surface area contributed by atoms with Gasteiger partial charge in [0.25, 0.3) is 29.5 Å². The van der Waals surface area contributed by atoms with Gasteiger partial charge in [0.05, 0.1) is 33.1 Å². The fourth-order valence-electron chi connectivity index (χ4n) is 4.73. The van der Waals surface area contributed by atoms with Crippen molar-refractivity contribution in [2.24, 2.45) is 38.9 Å². The molecule has 4 aromatic heterocycles. The first-order valence-corrected chi connectivity index (χ1v) is 15.2. The Bertz CT molecular complexity index is 1960. The molecule has 16 nitrogen and oxygen atoms in total. The highest BCUT2D eigenvalue weighted by Gasteiger charge is 2.20. The van der Waals surface area contributed by atoms with Crippen molar-refractivity contribution in [3.63, 3.8) is 0 Å². The number of aliphatic imine (C=N–C) groups is 1. The number of nitrogens with two attached hydrogens (primary N) is 1. The van der Waals surface area contributed by atoms with Gasteiger partial charge in [0, 0.05) is 73.0 Å². The van der Waals surface area contributed by atoms with Gasteiger partial charge in [-0.2, -0.15) is 0 Å². The van der Waals surface area contributed by atoms with Crippen LogP contribution in [-0.2, 0) is 33.0 Å². The maximum atomic E-state index is 13.2. The molecular formula is C31H36BrN11O5. The van der Waals surface area contributed by atoms with Crippen LogP contribution in [0.3, 0.4) is 0 Å². The van der Waals surface area contributed by atoms with Crippen LogP contribution in [0, 0.1) is 0 Å². The number of nitrogens with one attached hydrogen (secondary N) is 5. The zero-order valence-electron chi connectivity index (χ0n) is 27.0. The third-order valence-electron chi connectivity index (χ3n) is 7.18. The molecular weight excluding hydrogens is 686 g/mol. The molecule has 0 radical (unpaired) electrons. The summed E-state index contributed by atoms with van der Waals surface area (Å²) in [7, 11) is 8.23. The van der Waals surface area contributed by atoms with Gasteiger partial charge in [-0.25, -0.2) is 0 Å². The fraction of sp³-hybridized carbons (Fsp3) is 0.226. The summed E-state index contributed by atoms with van der Waals surface area (Å²) in [4.78, 5) is 67.6. The number of aryl methyl sites for hydroxylation is 4. The molecule has 252 valence electrons. The Morgan fingerprint density at radius 2 is 1.00 bits per heavy atom. The largest absolute Gasteiger partial charge is 0.387 e. The van der Waals surface area contributed by atoms with E-state index in [-0.39, 0.29) is 27.5 Å². The van der Waals surface area contributed by atoms with Crippen molar-refractivity contribution in [3.05, 3.63) is 82.9 Å². The number of amidine groups is 1. The Kier molecular flexibility index (Phi) is 10.7. The Morgan fingerprint density at radius 3 is 1.33 bits per heavy atom. The fourth-order valence-corrected chi connectivity index (χ4v) is 4.82. The molecule has 0 spiro atoms. The number of anilines is 4. The van der Waals surface area contributed by atoms with Crippen LogP contribution in [0.15, 0.2) is 65.1 Å². The van der Waals surface area contributed by atoms with Crippen LogP contribution >= 0.6 is 15.9 Å². The zero-order chi connectivity index (χ0) is 35.3. The van der Waals surface area contributed by atoms with Gasteiger partial charge in [0.1, 0.15) is 22.8 Å². The average Bonchev–Trinajstić information content (AvgIpc) is 3.78. The minimum Gasteiger partial charge on any atom is -0.387 e. The van der Waals surface area contributed by atoms with E-state index in [9.17, 15) is 24.0 Å². The van der Waals surface area contributed by atoms with E-state index in [2.05, 4.69) is 54.1 Å². The topological polar surface area (TPSA) is 204 Å². The smallest absolute Gasteiger partial charge is 0.272 e. The van der Waals surface area contributed by atoms with Crippen molar-refractivity contribution < 1.29 is 24.0 Å². The standard InChI is InChI=1S/C31H36BrN11O5/c1-17(32)27(44)36-18-10-23(41(4)13-18)29(46)38-20-12-25(43(6)15-20)31(48)39-21-11-24(42(5)16-21)30(47)37-19-9-22(40(3)14-19)28(45)35-8-7-26(33)34-2/h9-16H,1,7-8H2,2-6H3,(H2,33,34)(H,35,45)(H,36,44)(H,37,47)(H,38,46)(H,39,48). The number of nitrogens with zero attached hydrogens (tertiary/aromatic N) is 5. The molecule has 0 saturated carbocycles. The first-order chi connectivity index (χ1) is 22.7. The highest BCUT2D eigenvalue weighted by molar-refractivity contribution is 9.12. The number of rotatable bonds is 12. The zero-order valence-corrected chi connectivity index (χ0v) is 28.6. The lowest BCUT2D eigenvalue weighted by Gasteiger charge is -2.05. The van der Waals surface area contributed by atoms with E-state index < -0.39 is 23.6 Å². The van der Waals surface area contributed by atoms with Crippen molar-refractivity contribution in [2.75, 3.05) is 34.9 Å². The van der Waals surface area contributed by atoms with Crippen molar-refractivity contribution in [1.29, 1.82) is 0 Å². The molecule has 0 aromatic carbocycles. The highest BCUT2D eigenvalue weighted by Crippen LogP contribution is 2.21. The molecule has 0 atom stereocenters. The second-order valence-corrected chi connectivity index (χ2v) is 11.8. The highest BCUT2D eigenvalue weighted by atomic mass is 79.9. The first kappa shape index (κ1) is 35.0. The normalized spacial score (nSPS) is 11.2. The molecule has 0 saturated heterocycles. The molecule has 0 unspecified atom stereocenters. The van der Waals surface area contributed by atoms with E-state index in [0.29, 0.717) is 47.2 Å². The van der Waals surface area contributed by atoms with E-state index >= 15 is 0 Å². The van der Waals surface area contributed by atoms with E-state index in [4.69, 9.17) is 5.73 Å². The van der Waals surface area contributed by atoms with Crippen molar-refractivity contribution in [3.8, 4) is 0 Å². The lowest BCUT2D eigenvalue weighted by molar-refractivity contribution is -0.112. The van der Waals surface area contributed by atoms with Gasteiger partial charge in [-0.05, 0) is 40.2 Å². The third kappa shape index (κ3) is 8.30. The molecule has 4 aromatic rings. The maximum absolute atomic E-state index is 13.2. The quantitative estimate of drug-likeness (QED) is 0.0737. The van der Waals surface area contributed by atoms with E-state index in [1.807, 2.05) is 0 Å². The summed E-state index contributed by atoms with van der Waals surface area (Å²) in [5, 5.41) is 13.7.